The van der Waals surface area contributed by atoms with E-state index < -0.39 is 0 Å². The van der Waals surface area contributed by atoms with Crippen molar-refractivity contribution in [3.05, 3.63) is 89.0 Å². The first-order valence-electron chi connectivity index (χ1n) is 13.8. The second-order valence-corrected chi connectivity index (χ2v) is 11.6. The maximum atomic E-state index is 10.4. The summed E-state index contributed by atoms with van der Waals surface area (Å²) in [7, 11) is 0. The number of rotatable bonds is 6. The number of benzene rings is 3. The Morgan fingerprint density at radius 2 is 1.43 bits per heavy atom. The number of phenols is 3. The zero-order valence-electron chi connectivity index (χ0n) is 21.5. The van der Waals surface area contributed by atoms with Gasteiger partial charge < -0.3 is 26.0 Å². The van der Waals surface area contributed by atoms with Gasteiger partial charge in [0.05, 0.1) is 0 Å². The monoisotopic (exact) mass is 498 g/mol. The zero-order chi connectivity index (χ0) is 25.6. The number of hydrogen-bond acceptors (Lipinski definition) is 5. The van der Waals surface area contributed by atoms with E-state index in [-0.39, 0.29) is 11.5 Å². The Balaban J connectivity index is 1.31. The highest BCUT2D eigenvalue weighted by molar-refractivity contribution is 5.41. The third-order valence-electron chi connectivity index (χ3n) is 9.92. The van der Waals surface area contributed by atoms with Crippen LogP contribution in [0.1, 0.15) is 60.8 Å². The van der Waals surface area contributed by atoms with Gasteiger partial charge in [-0.3, -0.25) is 0 Å². The Labute approximate surface area is 219 Å². The molecule has 37 heavy (non-hydrogen) atoms. The minimum Gasteiger partial charge on any atom is -0.508 e. The lowest BCUT2D eigenvalue weighted by Gasteiger charge is -2.55. The summed E-state index contributed by atoms with van der Waals surface area (Å²) in [6, 6.07) is 21.8. The zero-order valence-corrected chi connectivity index (χ0v) is 21.5. The molecular formula is C32H38N2O3. The first-order valence-corrected chi connectivity index (χ1v) is 13.8. The second kappa shape index (κ2) is 9.70. The van der Waals surface area contributed by atoms with Gasteiger partial charge in [0, 0.05) is 41.7 Å². The van der Waals surface area contributed by atoms with Gasteiger partial charge in [-0.1, -0.05) is 49.4 Å². The van der Waals surface area contributed by atoms with Crippen LogP contribution in [0.4, 0.5) is 0 Å². The van der Waals surface area contributed by atoms with Crippen LogP contribution in [-0.2, 0) is 19.5 Å². The van der Waals surface area contributed by atoms with Gasteiger partial charge in [0.25, 0.3) is 0 Å². The molecule has 0 aliphatic heterocycles. The van der Waals surface area contributed by atoms with Crippen LogP contribution in [0.2, 0.25) is 0 Å². The van der Waals surface area contributed by atoms with Gasteiger partial charge in [0.2, 0.25) is 0 Å². The third kappa shape index (κ3) is 4.28. The van der Waals surface area contributed by atoms with E-state index in [2.05, 4.69) is 23.6 Å². The van der Waals surface area contributed by atoms with E-state index in [9.17, 15) is 15.3 Å². The van der Waals surface area contributed by atoms with Gasteiger partial charge in [-0.15, -0.1) is 0 Å². The molecule has 6 atom stereocenters. The Morgan fingerprint density at radius 3 is 2.11 bits per heavy atom. The van der Waals surface area contributed by atoms with Crippen molar-refractivity contribution in [1.82, 2.24) is 10.6 Å². The predicted octanol–water partition coefficient (Wildman–Crippen LogP) is 5.59. The molecule has 5 N–H and O–H groups in total. The topological polar surface area (TPSA) is 84.8 Å². The minimum atomic E-state index is 0.0460. The molecule has 0 radical (unpaired) electrons. The number of aryl methyl sites for hydroxylation is 1. The van der Waals surface area contributed by atoms with Gasteiger partial charge in [0.15, 0.2) is 0 Å². The van der Waals surface area contributed by atoms with Crippen molar-refractivity contribution in [2.45, 2.75) is 70.1 Å². The molecule has 5 nitrogen and oxygen atoms in total. The van der Waals surface area contributed by atoms with Crippen LogP contribution in [0.15, 0.2) is 66.7 Å². The molecule has 194 valence electrons. The molecule has 5 heteroatoms. The van der Waals surface area contributed by atoms with Crippen molar-refractivity contribution in [1.29, 1.82) is 0 Å². The van der Waals surface area contributed by atoms with Crippen molar-refractivity contribution in [2.24, 2.45) is 17.3 Å². The van der Waals surface area contributed by atoms with E-state index in [1.165, 1.54) is 24.0 Å². The minimum absolute atomic E-state index is 0.0460. The number of phenolic OH excluding ortho intramolecular Hbond substituents is 3. The van der Waals surface area contributed by atoms with Gasteiger partial charge in [-0.25, -0.2) is 0 Å². The smallest absolute Gasteiger partial charge is 0.120 e. The molecule has 3 aromatic rings. The SMILES string of the molecule is C[C@]12C(CC[C@@H]1NCc1ccccc1O)C1CCc3cc(O)ccc3C1C[C@@H]2NCc1ccccc1O. The molecule has 3 aromatic carbocycles. The van der Waals surface area contributed by atoms with Crippen LogP contribution in [-0.4, -0.2) is 27.4 Å². The van der Waals surface area contributed by atoms with Crippen LogP contribution < -0.4 is 10.6 Å². The number of nitrogens with one attached hydrogen (secondary N) is 2. The van der Waals surface area contributed by atoms with Crippen LogP contribution in [0.5, 0.6) is 17.2 Å². The van der Waals surface area contributed by atoms with E-state index in [1.54, 1.807) is 12.1 Å². The molecule has 0 heterocycles. The molecule has 2 fully saturated rings. The van der Waals surface area contributed by atoms with Gasteiger partial charge in [-0.05, 0) is 85.3 Å². The molecule has 3 aliphatic carbocycles. The fraction of sp³-hybridized carbons (Fsp3) is 0.438. The third-order valence-corrected chi connectivity index (χ3v) is 9.92. The molecular weight excluding hydrogens is 460 g/mol. The fourth-order valence-corrected chi connectivity index (χ4v) is 8.03. The average molecular weight is 499 g/mol. The first kappa shape index (κ1) is 24.3. The van der Waals surface area contributed by atoms with E-state index in [1.807, 2.05) is 48.5 Å². The molecule has 2 saturated carbocycles. The first-order chi connectivity index (χ1) is 17.9. The molecule has 3 unspecified atom stereocenters. The summed E-state index contributed by atoms with van der Waals surface area (Å²) >= 11 is 0. The largest absolute Gasteiger partial charge is 0.508 e. The standard InChI is InChI=1S/C32H38N2O3/c1-32-27(14-15-30(32)33-18-21-6-2-4-8-28(21)36)25-12-10-20-16-23(35)11-13-24(20)26(25)17-31(32)34-19-22-7-3-5-9-29(22)37/h2-9,11,13,16,25-27,30-31,33-37H,10,12,14-15,17-19H2,1H3/t25?,26?,27?,30-,31-,32-/m0/s1. The van der Waals surface area contributed by atoms with Crippen molar-refractivity contribution in [2.75, 3.05) is 0 Å². The summed E-state index contributed by atoms with van der Waals surface area (Å²) in [6.07, 6.45) is 5.55. The van der Waals surface area contributed by atoms with Crippen molar-refractivity contribution in [3.8, 4) is 17.2 Å². The summed E-state index contributed by atoms with van der Waals surface area (Å²) in [5, 5.41) is 38.6. The van der Waals surface area contributed by atoms with E-state index in [0.29, 0.717) is 54.1 Å². The summed E-state index contributed by atoms with van der Waals surface area (Å²) in [4.78, 5) is 0. The second-order valence-electron chi connectivity index (χ2n) is 11.6. The summed E-state index contributed by atoms with van der Waals surface area (Å²) in [5.74, 6) is 2.73. The fourth-order valence-electron chi connectivity index (χ4n) is 8.03. The highest BCUT2D eigenvalue weighted by Crippen LogP contribution is 2.61. The Kier molecular flexibility index (Phi) is 6.37. The van der Waals surface area contributed by atoms with Crippen molar-refractivity contribution < 1.29 is 15.3 Å². The molecule has 3 aliphatic rings. The number of aromatic hydroxyl groups is 3. The Bertz CT molecular complexity index is 1280. The summed E-state index contributed by atoms with van der Waals surface area (Å²) in [5.41, 5.74) is 4.63. The lowest BCUT2D eigenvalue weighted by molar-refractivity contribution is 0.00434. The molecule has 0 amide bonds. The van der Waals surface area contributed by atoms with Crippen LogP contribution >= 0.6 is 0 Å². The average Bonchev–Trinajstić information content (AvgIpc) is 3.24. The van der Waals surface area contributed by atoms with E-state index >= 15 is 0 Å². The Morgan fingerprint density at radius 1 is 0.784 bits per heavy atom. The lowest BCUT2D eigenvalue weighted by Crippen LogP contribution is -2.60. The Hall–Kier alpha value is -3.02. The number of fused-ring (bicyclic) bond motifs is 5. The maximum Gasteiger partial charge on any atom is 0.120 e. The molecule has 0 spiro atoms. The predicted molar refractivity (Wildman–Crippen MR) is 146 cm³/mol. The molecule has 6 rings (SSSR count). The van der Waals surface area contributed by atoms with E-state index in [0.717, 1.165) is 30.4 Å². The van der Waals surface area contributed by atoms with Crippen LogP contribution in [0, 0.1) is 17.3 Å². The number of para-hydroxylation sites is 2. The molecule has 0 bridgehead atoms. The lowest BCUT2D eigenvalue weighted by atomic mass is 9.53. The van der Waals surface area contributed by atoms with Gasteiger partial charge >= 0.3 is 0 Å². The highest BCUT2D eigenvalue weighted by Gasteiger charge is 2.59. The van der Waals surface area contributed by atoms with Crippen LogP contribution in [0.25, 0.3) is 0 Å². The highest BCUT2D eigenvalue weighted by atomic mass is 16.3. The quantitative estimate of drug-likeness (QED) is 0.306. The number of hydrogen-bond donors (Lipinski definition) is 5. The van der Waals surface area contributed by atoms with Crippen LogP contribution in [0.3, 0.4) is 0 Å². The van der Waals surface area contributed by atoms with E-state index in [4.69, 9.17) is 0 Å². The molecule has 0 aromatic heterocycles. The molecule has 0 saturated heterocycles. The summed E-state index contributed by atoms with van der Waals surface area (Å²) in [6.45, 7) is 3.76. The van der Waals surface area contributed by atoms with Gasteiger partial charge in [-0.2, -0.15) is 0 Å². The normalized spacial score (nSPS) is 30.4. The maximum absolute atomic E-state index is 10.4. The van der Waals surface area contributed by atoms with Crippen molar-refractivity contribution >= 4 is 0 Å². The summed E-state index contributed by atoms with van der Waals surface area (Å²) < 4.78 is 0. The van der Waals surface area contributed by atoms with Crippen molar-refractivity contribution in [3.63, 3.8) is 0 Å². The van der Waals surface area contributed by atoms with Gasteiger partial charge in [0.1, 0.15) is 17.2 Å².